The van der Waals surface area contributed by atoms with Gasteiger partial charge in [-0.05, 0) is 49.2 Å². The van der Waals surface area contributed by atoms with Crippen LogP contribution >= 0.6 is 12.2 Å². The number of aryl methyl sites for hydroxylation is 2. The highest BCUT2D eigenvalue weighted by Gasteiger charge is 2.07. The predicted molar refractivity (Wildman–Crippen MR) is 93.4 cm³/mol. The molecule has 0 bridgehead atoms. The highest BCUT2D eigenvalue weighted by molar-refractivity contribution is 7.80. The van der Waals surface area contributed by atoms with Crippen molar-refractivity contribution in [1.29, 1.82) is 0 Å². The molecule has 0 saturated carbocycles. The lowest BCUT2D eigenvalue weighted by molar-refractivity contribution is 0.318. The number of hydrogen-bond donors (Lipinski definition) is 1. The van der Waals surface area contributed by atoms with Gasteiger partial charge in [0.15, 0.2) is 0 Å². The Morgan fingerprint density at radius 1 is 1.05 bits per heavy atom. The van der Waals surface area contributed by atoms with Gasteiger partial charge in [-0.3, -0.25) is 4.90 Å². The molecule has 2 nitrogen and oxygen atoms in total. The number of rotatable bonds is 5. The molecule has 2 N–H and O–H groups in total. The second kappa shape index (κ2) is 6.83. The molecular weight excluding hydrogens is 276 g/mol. The van der Waals surface area contributed by atoms with E-state index in [-0.39, 0.29) is 0 Å². The van der Waals surface area contributed by atoms with Gasteiger partial charge in [0.25, 0.3) is 0 Å². The lowest BCUT2D eigenvalue weighted by Gasteiger charge is -2.20. The summed E-state index contributed by atoms with van der Waals surface area (Å²) in [5.41, 5.74) is 12.0. The quantitative estimate of drug-likeness (QED) is 0.856. The molecule has 0 spiro atoms. The van der Waals surface area contributed by atoms with E-state index in [4.69, 9.17) is 18.0 Å². The number of thiocarbonyl (C=S) groups is 1. The predicted octanol–water partition coefficient (Wildman–Crippen LogP) is 3.57. The van der Waals surface area contributed by atoms with Crippen molar-refractivity contribution in [3.8, 4) is 0 Å². The lowest BCUT2D eigenvalue weighted by Crippen LogP contribution is -2.19. The average molecular weight is 298 g/mol. The monoisotopic (exact) mass is 298 g/mol. The van der Waals surface area contributed by atoms with Gasteiger partial charge < -0.3 is 5.73 Å². The first-order valence-electron chi connectivity index (χ1n) is 7.09. The lowest BCUT2D eigenvalue weighted by atomic mass is 10.0. The van der Waals surface area contributed by atoms with Gasteiger partial charge in [0, 0.05) is 18.7 Å². The zero-order chi connectivity index (χ0) is 15.4. The van der Waals surface area contributed by atoms with Crippen molar-refractivity contribution in [2.24, 2.45) is 5.73 Å². The van der Waals surface area contributed by atoms with Gasteiger partial charge in [0.1, 0.15) is 4.99 Å². The first-order valence-corrected chi connectivity index (χ1v) is 7.50. The van der Waals surface area contributed by atoms with E-state index < -0.39 is 0 Å². The van der Waals surface area contributed by atoms with Gasteiger partial charge >= 0.3 is 0 Å². The van der Waals surface area contributed by atoms with E-state index in [1.165, 1.54) is 22.3 Å². The van der Waals surface area contributed by atoms with Crippen LogP contribution in [0.2, 0.25) is 0 Å². The molecule has 21 heavy (non-hydrogen) atoms. The van der Waals surface area contributed by atoms with Crippen LogP contribution in [0.4, 0.5) is 0 Å². The Kier molecular flexibility index (Phi) is 5.10. The van der Waals surface area contributed by atoms with Crippen LogP contribution in [-0.2, 0) is 13.1 Å². The van der Waals surface area contributed by atoms with Crippen molar-refractivity contribution >= 4 is 17.2 Å². The standard InChI is InChI=1S/C18H22N2S/c1-13-6-4-7-14(2)17(13)12-20(3)11-15-8-5-9-16(10-15)18(19)21/h4-10H,11-12H2,1-3H3,(H2,19,21). The topological polar surface area (TPSA) is 29.3 Å². The minimum atomic E-state index is 0.453. The maximum absolute atomic E-state index is 5.69. The Morgan fingerprint density at radius 3 is 2.29 bits per heavy atom. The molecule has 2 aromatic rings. The number of benzene rings is 2. The summed E-state index contributed by atoms with van der Waals surface area (Å²) in [6.45, 7) is 6.16. The second-order valence-electron chi connectivity index (χ2n) is 5.61. The van der Waals surface area contributed by atoms with Crippen molar-refractivity contribution in [3.05, 3.63) is 70.3 Å². The fraction of sp³-hybridized carbons (Fsp3) is 0.278. The summed E-state index contributed by atoms with van der Waals surface area (Å²) in [5, 5.41) is 0. The molecule has 0 radical (unpaired) electrons. The smallest absolute Gasteiger partial charge is 0.103 e. The fourth-order valence-electron chi connectivity index (χ4n) is 2.56. The van der Waals surface area contributed by atoms with Gasteiger partial charge in [-0.25, -0.2) is 0 Å². The Bertz CT molecular complexity index is 629. The second-order valence-corrected chi connectivity index (χ2v) is 6.05. The Hall–Kier alpha value is -1.71. The van der Waals surface area contributed by atoms with E-state index in [9.17, 15) is 0 Å². The van der Waals surface area contributed by atoms with Crippen LogP contribution in [0.15, 0.2) is 42.5 Å². The van der Waals surface area contributed by atoms with Crippen LogP contribution in [0.3, 0.4) is 0 Å². The summed E-state index contributed by atoms with van der Waals surface area (Å²) in [4.78, 5) is 2.77. The molecule has 0 fully saturated rings. The highest BCUT2D eigenvalue weighted by Crippen LogP contribution is 2.16. The zero-order valence-corrected chi connectivity index (χ0v) is 13.7. The summed E-state index contributed by atoms with van der Waals surface area (Å²) in [7, 11) is 2.14. The average Bonchev–Trinajstić information content (AvgIpc) is 2.43. The van der Waals surface area contributed by atoms with Gasteiger partial charge in [-0.15, -0.1) is 0 Å². The summed E-state index contributed by atoms with van der Waals surface area (Å²) >= 11 is 5.04. The Labute approximate surface area is 132 Å². The molecule has 0 unspecified atom stereocenters. The first kappa shape index (κ1) is 15.7. The molecular formula is C18H22N2S. The highest BCUT2D eigenvalue weighted by atomic mass is 32.1. The van der Waals surface area contributed by atoms with Crippen LogP contribution in [0.1, 0.15) is 27.8 Å². The summed E-state index contributed by atoms with van der Waals surface area (Å²) in [6, 6.07) is 14.6. The molecule has 0 aliphatic heterocycles. The van der Waals surface area contributed by atoms with E-state index in [1.54, 1.807) is 0 Å². The maximum atomic E-state index is 5.69. The number of hydrogen-bond acceptors (Lipinski definition) is 2. The summed E-state index contributed by atoms with van der Waals surface area (Å²) in [6.07, 6.45) is 0. The molecule has 0 aromatic heterocycles. The van der Waals surface area contributed by atoms with E-state index >= 15 is 0 Å². The third-order valence-corrected chi connectivity index (χ3v) is 3.97. The first-order chi connectivity index (χ1) is 9.97. The van der Waals surface area contributed by atoms with Crippen LogP contribution < -0.4 is 5.73 Å². The van der Waals surface area contributed by atoms with Crippen LogP contribution in [0.5, 0.6) is 0 Å². The van der Waals surface area contributed by atoms with Crippen LogP contribution in [0, 0.1) is 13.8 Å². The largest absolute Gasteiger partial charge is 0.389 e. The Morgan fingerprint density at radius 2 is 1.67 bits per heavy atom. The summed E-state index contributed by atoms with van der Waals surface area (Å²) < 4.78 is 0. The minimum absolute atomic E-state index is 0.453. The molecule has 0 heterocycles. The van der Waals surface area contributed by atoms with Crippen molar-refractivity contribution < 1.29 is 0 Å². The van der Waals surface area contributed by atoms with Crippen LogP contribution in [-0.4, -0.2) is 16.9 Å². The normalized spacial score (nSPS) is 10.9. The minimum Gasteiger partial charge on any atom is -0.389 e. The van der Waals surface area contributed by atoms with Crippen molar-refractivity contribution in [1.82, 2.24) is 4.90 Å². The third-order valence-electron chi connectivity index (χ3n) is 3.74. The number of nitrogens with zero attached hydrogens (tertiary/aromatic N) is 1. The molecule has 0 atom stereocenters. The number of nitrogens with two attached hydrogens (primary N) is 1. The van der Waals surface area contributed by atoms with E-state index in [1.807, 2.05) is 12.1 Å². The van der Waals surface area contributed by atoms with E-state index in [0.717, 1.165) is 18.7 Å². The molecule has 0 aliphatic carbocycles. The van der Waals surface area contributed by atoms with Crippen molar-refractivity contribution in [2.45, 2.75) is 26.9 Å². The van der Waals surface area contributed by atoms with Gasteiger partial charge in [0.05, 0.1) is 0 Å². The zero-order valence-electron chi connectivity index (χ0n) is 12.9. The molecule has 110 valence electrons. The SMILES string of the molecule is Cc1cccc(C)c1CN(C)Cc1cccc(C(N)=S)c1. The molecule has 0 aliphatic rings. The third kappa shape index (κ3) is 4.13. The van der Waals surface area contributed by atoms with Gasteiger partial charge in [0.2, 0.25) is 0 Å². The molecule has 2 rings (SSSR count). The van der Waals surface area contributed by atoms with Crippen molar-refractivity contribution in [2.75, 3.05) is 7.05 Å². The van der Waals surface area contributed by atoms with Gasteiger partial charge in [-0.2, -0.15) is 0 Å². The molecule has 2 aromatic carbocycles. The maximum Gasteiger partial charge on any atom is 0.103 e. The van der Waals surface area contributed by atoms with Crippen LogP contribution in [0.25, 0.3) is 0 Å². The molecule has 0 saturated heterocycles. The summed E-state index contributed by atoms with van der Waals surface area (Å²) in [5.74, 6) is 0. The van der Waals surface area contributed by atoms with Gasteiger partial charge in [-0.1, -0.05) is 48.6 Å². The molecule has 0 amide bonds. The van der Waals surface area contributed by atoms with E-state index in [2.05, 4.69) is 56.1 Å². The fourth-order valence-corrected chi connectivity index (χ4v) is 2.69. The van der Waals surface area contributed by atoms with Crippen molar-refractivity contribution in [3.63, 3.8) is 0 Å². The molecule has 3 heteroatoms. The van der Waals surface area contributed by atoms with E-state index in [0.29, 0.717) is 4.99 Å². The Balaban J connectivity index is 2.10.